The van der Waals surface area contributed by atoms with E-state index in [2.05, 4.69) is 4.98 Å². The molecule has 0 bridgehead atoms. The van der Waals surface area contributed by atoms with Gasteiger partial charge in [-0.25, -0.2) is 4.98 Å². The standard InChI is InChI=1S/C15H16N2O3/c1-17-12-8-7-11(15(18)19)14(12)16-13(17)9-20-10-5-3-2-4-6-10/h2-6,11H,7-9H2,1H3,(H,18,19). The molecule has 1 atom stereocenters. The highest BCUT2D eigenvalue weighted by Crippen LogP contribution is 2.33. The summed E-state index contributed by atoms with van der Waals surface area (Å²) in [6.07, 6.45) is 1.40. The minimum absolute atomic E-state index is 0.347. The molecule has 0 saturated carbocycles. The molecule has 2 aromatic rings. The lowest BCUT2D eigenvalue weighted by Gasteiger charge is -2.07. The van der Waals surface area contributed by atoms with Crippen LogP contribution >= 0.6 is 0 Å². The van der Waals surface area contributed by atoms with Crippen molar-refractivity contribution in [3.05, 3.63) is 47.5 Å². The number of imidazole rings is 1. The van der Waals surface area contributed by atoms with Crippen molar-refractivity contribution >= 4 is 5.97 Å². The molecule has 1 heterocycles. The molecule has 3 rings (SSSR count). The van der Waals surface area contributed by atoms with Crippen molar-refractivity contribution < 1.29 is 14.6 Å². The van der Waals surface area contributed by atoms with Crippen LogP contribution in [0.3, 0.4) is 0 Å². The molecule has 0 amide bonds. The highest BCUT2D eigenvalue weighted by molar-refractivity contribution is 5.76. The molecule has 1 N–H and O–H groups in total. The Morgan fingerprint density at radius 3 is 2.90 bits per heavy atom. The van der Waals surface area contributed by atoms with Gasteiger partial charge in [-0.05, 0) is 25.0 Å². The lowest BCUT2D eigenvalue weighted by atomic mass is 10.1. The first-order valence-electron chi connectivity index (χ1n) is 6.62. The van der Waals surface area contributed by atoms with E-state index in [-0.39, 0.29) is 0 Å². The summed E-state index contributed by atoms with van der Waals surface area (Å²) in [6, 6.07) is 9.52. The zero-order valence-electron chi connectivity index (χ0n) is 11.2. The van der Waals surface area contributed by atoms with Crippen LogP contribution in [0.4, 0.5) is 0 Å². The van der Waals surface area contributed by atoms with Crippen molar-refractivity contribution in [3.63, 3.8) is 0 Å². The van der Waals surface area contributed by atoms with E-state index in [1.54, 1.807) is 0 Å². The van der Waals surface area contributed by atoms with E-state index in [0.717, 1.165) is 23.7 Å². The van der Waals surface area contributed by atoms with Crippen molar-refractivity contribution in [1.82, 2.24) is 9.55 Å². The first-order valence-corrected chi connectivity index (χ1v) is 6.62. The summed E-state index contributed by atoms with van der Waals surface area (Å²) in [5, 5.41) is 9.19. The van der Waals surface area contributed by atoms with Crippen LogP contribution in [0, 0.1) is 0 Å². The molecule has 1 aliphatic rings. The molecule has 5 nitrogen and oxygen atoms in total. The van der Waals surface area contributed by atoms with Crippen LogP contribution in [-0.2, 0) is 24.9 Å². The number of fused-ring (bicyclic) bond motifs is 1. The molecular weight excluding hydrogens is 256 g/mol. The van der Waals surface area contributed by atoms with E-state index in [1.807, 2.05) is 41.9 Å². The van der Waals surface area contributed by atoms with Gasteiger partial charge >= 0.3 is 5.97 Å². The molecule has 1 aromatic heterocycles. The van der Waals surface area contributed by atoms with Crippen LogP contribution in [0.5, 0.6) is 5.75 Å². The van der Waals surface area contributed by atoms with E-state index in [1.165, 1.54) is 0 Å². The SMILES string of the molecule is Cn1c(COc2ccccc2)nc2c1CCC2C(=O)O. The van der Waals surface area contributed by atoms with Crippen LogP contribution in [0.2, 0.25) is 0 Å². The normalized spacial score (nSPS) is 16.9. The largest absolute Gasteiger partial charge is 0.486 e. The molecule has 1 aliphatic carbocycles. The summed E-state index contributed by atoms with van der Waals surface area (Å²) in [5.74, 6) is 0.286. The Kier molecular flexibility index (Phi) is 3.18. The maximum Gasteiger partial charge on any atom is 0.312 e. The second-order valence-corrected chi connectivity index (χ2v) is 4.95. The average molecular weight is 272 g/mol. The summed E-state index contributed by atoms with van der Waals surface area (Å²) in [5.41, 5.74) is 1.72. The quantitative estimate of drug-likeness (QED) is 0.926. The highest BCUT2D eigenvalue weighted by atomic mass is 16.5. The number of aromatic nitrogens is 2. The fraction of sp³-hybridized carbons (Fsp3) is 0.333. The number of carbonyl (C=O) groups is 1. The molecule has 1 unspecified atom stereocenters. The van der Waals surface area contributed by atoms with Gasteiger partial charge in [0, 0.05) is 12.7 Å². The van der Waals surface area contributed by atoms with Gasteiger partial charge < -0.3 is 14.4 Å². The van der Waals surface area contributed by atoms with Gasteiger partial charge in [0.2, 0.25) is 0 Å². The topological polar surface area (TPSA) is 64.4 Å². The predicted molar refractivity (Wildman–Crippen MR) is 72.7 cm³/mol. The van der Waals surface area contributed by atoms with Crippen LogP contribution < -0.4 is 4.74 Å². The number of hydrogen-bond donors (Lipinski definition) is 1. The first-order chi connectivity index (χ1) is 9.66. The van der Waals surface area contributed by atoms with E-state index in [4.69, 9.17) is 4.74 Å². The Labute approximate surface area is 116 Å². The van der Waals surface area contributed by atoms with E-state index >= 15 is 0 Å². The van der Waals surface area contributed by atoms with Gasteiger partial charge in [0.1, 0.15) is 24.1 Å². The smallest absolute Gasteiger partial charge is 0.312 e. The molecule has 0 aliphatic heterocycles. The Morgan fingerprint density at radius 2 is 2.20 bits per heavy atom. The molecular formula is C15H16N2O3. The van der Waals surface area contributed by atoms with E-state index in [9.17, 15) is 9.90 Å². The predicted octanol–water partition coefficient (Wildman–Crippen LogP) is 2.11. The summed E-state index contributed by atoms with van der Waals surface area (Å²) >= 11 is 0. The maximum absolute atomic E-state index is 11.2. The number of para-hydroxylation sites is 1. The summed E-state index contributed by atoms with van der Waals surface area (Å²) in [6.45, 7) is 0.347. The molecule has 20 heavy (non-hydrogen) atoms. The number of aliphatic carboxylic acids is 1. The molecule has 0 saturated heterocycles. The Morgan fingerprint density at radius 1 is 1.45 bits per heavy atom. The number of ether oxygens (including phenoxy) is 1. The van der Waals surface area contributed by atoms with Gasteiger partial charge in [0.25, 0.3) is 0 Å². The molecule has 0 radical (unpaired) electrons. The van der Waals surface area contributed by atoms with Crippen LogP contribution in [0.15, 0.2) is 30.3 Å². The minimum Gasteiger partial charge on any atom is -0.486 e. The number of nitrogens with zero attached hydrogens (tertiary/aromatic N) is 2. The van der Waals surface area contributed by atoms with E-state index in [0.29, 0.717) is 18.7 Å². The Bertz CT molecular complexity index is 634. The third-order valence-electron chi connectivity index (χ3n) is 3.75. The summed E-state index contributed by atoms with van der Waals surface area (Å²) in [4.78, 5) is 15.6. The molecule has 1 aromatic carbocycles. The Balaban J connectivity index is 1.79. The minimum atomic E-state index is -0.794. The van der Waals surface area contributed by atoms with Crippen molar-refractivity contribution in [2.45, 2.75) is 25.4 Å². The van der Waals surface area contributed by atoms with Crippen molar-refractivity contribution in [1.29, 1.82) is 0 Å². The molecule has 0 fully saturated rings. The zero-order chi connectivity index (χ0) is 14.1. The fourth-order valence-corrected chi connectivity index (χ4v) is 2.63. The number of carboxylic acid groups (broad SMARTS) is 1. The lowest BCUT2D eigenvalue weighted by Crippen LogP contribution is -2.09. The Hall–Kier alpha value is -2.30. The van der Waals surface area contributed by atoms with Gasteiger partial charge in [0.05, 0.1) is 5.69 Å². The molecule has 104 valence electrons. The molecule has 5 heteroatoms. The number of hydrogen-bond acceptors (Lipinski definition) is 3. The van der Waals surface area contributed by atoms with Crippen LogP contribution in [0.25, 0.3) is 0 Å². The second-order valence-electron chi connectivity index (χ2n) is 4.95. The van der Waals surface area contributed by atoms with Crippen molar-refractivity contribution in [3.8, 4) is 5.75 Å². The van der Waals surface area contributed by atoms with Gasteiger partial charge in [-0.15, -0.1) is 0 Å². The van der Waals surface area contributed by atoms with Gasteiger partial charge in [-0.1, -0.05) is 18.2 Å². The summed E-state index contributed by atoms with van der Waals surface area (Å²) < 4.78 is 7.63. The highest BCUT2D eigenvalue weighted by Gasteiger charge is 2.33. The third-order valence-corrected chi connectivity index (χ3v) is 3.75. The molecule has 0 spiro atoms. The van der Waals surface area contributed by atoms with Crippen molar-refractivity contribution in [2.24, 2.45) is 7.05 Å². The average Bonchev–Trinajstić information content (AvgIpc) is 2.99. The zero-order valence-corrected chi connectivity index (χ0v) is 11.2. The number of benzene rings is 1. The maximum atomic E-state index is 11.2. The van der Waals surface area contributed by atoms with Gasteiger partial charge in [0.15, 0.2) is 0 Å². The first kappa shape index (κ1) is 12.7. The monoisotopic (exact) mass is 272 g/mol. The van der Waals surface area contributed by atoms with Gasteiger partial charge in [-0.3, -0.25) is 4.79 Å². The van der Waals surface area contributed by atoms with E-state index < -0.39 is 11.9 Å². The van der Waals surface area contributed by atoms with Crippen LogP contribution in [-0.4, -0.2) is 20.6 Å². The fourth-order valence-electron chi connectivity index (χ4n) is 2.63. The van der Waals surface area contributed by atoms with Gasteiger partial charge in [-0.2, -0.15) is 0 Å². The number of rotatable bonds is 4. The second kappa shape index (κ2) is 5.00. The summed E-state index contributed by atoms with van der Waals surface area (Å²) in [7, 11) is 1.92. The number of carboxylic acids is 1. The third kappa shape index (κ3) is 2.15. The van der Waals surface area contributed by atoms with Crippen molar-refractivity contribution in [2.75, 3.05) is 0 Å². The van der Waals surface area contributed by atoms with Crippen LogP contribution in [0.1, 0.15) is 29.6 Å². The lowest BCUT2D eigenvalue weighted by molar-refractivity contribution is -0.138.